The van der Waals surface area contributed by atoms with Gasteiger partial charge in [-0.2, -0.15) is 4.31 Å². The molecule has 28 heavy (non-hydrogen) atoms. The van der Waals surface area contributed by atoms with Gasteiger partial charge in [-0.3, -0.25) is 4.79 Å². The number of benzene rings is 1. The molecule has 6 nitrogen and oxygen atoms in total. The van der Waals surface area contributed by atoms with Crippen LogP contribution in [0, 0.1) is 5.82 Å². The molecule has 1 heterocycles. The van der Waals surface area contributed by atoms with E-state index < -0.39 is 20.7 Å². The number of rotatable bonds is 7. The lowest BCUT2D eigenvalue weighted by Gasteiger charge is -2.26. The molecule has 8 heteroatoms. The van der Waals surface area contributed by atoms with E-state index in [1.165, 1.54) is 36.1 Å². The first-order valence-electron chi connectivity index (χ1n) is 10.2. The molecule has 156 valence electrons. The fourth-order valence-electron chi connectivity index (χ4n) is 4.06. The summed E-state index contributed by atoms with van der Waals surface area (Å²) in [5.41, 5.74) is 0.167. The number of carbonyl (C=O) groups excluding carboxylic acids is 1. The summed E-state index contributed by atoms with van der Waals surface area (Å²) in [4.78, 5) is 14.3. The van der Waals surface area contributed by atoms with Crippen LogP contribution in [0.25, 0.3) is 0 Å². The van der Waals surface area contributed by atoms with Gasteiger partial charge in [0.2, 0.25) is 10.0 Å². The van der Waals surface area contributed by atoms with Gasteiger partial charge in [-0.05, 0) is 50.9 Å². The number of piperidine rings is 1. The second kappa shape index (κ2) is 9.33. The molecule has 0 radical (unpaired) electrons. The first kappa shape index (κ1) is 21.2. The number of sulfonamides is 1. The Morgan fingerprint density at radius 1 is 1.18 bits per heavy atom. The third-order valence-corrected chi connectivity index (χ3v) is 7.74. The molecule has 1 saturated heterocycles. The molecule has 0 atom stereocenters. The summed E-state index contributed by atoms with van der Waals surface area (Å²) in [5.74, 6) is -1.20. The van der Waals surface area contributed by atoms with Gasteiger partial charge >= 0.3 is 0 Å². The summed E-state index contributed by atoms with van der Waals surface area (Å²) in [7, 11) is -1.86. The number of nitrogens with one attached hydrogen (secondary N) is 1. The van der Waals surface area contributed by atoms with Gasteiger partial charge in [0.25, 0.3) is 5.91 Å². The highest BCUT2D eigenvalue weighted by Crippen LogP contribution is 2.24. The van der Waals surface area contributed by atoms with Crippen molar-refractivity contribution >= 4 is 15.9 Å². The van der Waals surface area contributed by atoms with Gasteiger partial charge in [0, 0.05) is 37.8 Å². The zero-order valence-corrected chi connectivity index (χ0v) is 17.3. The van der Waals surface area contributed by atoms with Gasteiger partial charge < -0.3 is 10.2 Å². The predicted molar refractivity (Wildman–Crippen MR) is 106 cm³/mol. The van der Waals surface area contributed by atoms with Crippen molar-refractivity contribution in [3.8, 4) is 0 Å². The maximum absolute atomic E-state index is 14.3. The summed E-state index contributed by atoms with van der Waals surface area (Å²) in [5, 5.41) is 2.82. The lowest BCUT2D eigenvalue weighted by atomic mass is 10.2. The quantitative estimate of drug-likeness (QED) is 0.749. The van der Waals surface area contributed by atoms with Gasteiger partial charge in [-0.15, -0.1) is 0 Å². The minimum absolute atomic E-state index is 0.167. The van der Waals surface area contributed by atoms with E-state index in [1.54, 1.807) is 0 Å². The molecule has 1 aliphatic carbocycles. The van der Waals surface area contributed by atoms with Crippen LogP contribution in [0.4, 0.5) is 4.39 Å². The molecule has 1 saturated carbocycles. The van der Waals surface area contributed by atoms with Crippen molar-refractivity contribution in [1.82, 2.24) is 14.5 Å². The summed E-state index contributed by atoms with van der Waals surface area (Å²) in [6.45, 7) is 1.99. The zero-order chi connectivity index (χ0) is 20.1. The number of carbonyl (C=O) groups is 1. The summed E-state index contributed by atoms with van der Waals surface area (Å²) in [6.07, 6.45) is 7.42. The van der Waals surface area contributed by atoms with Gasteiger partial charge in [-0.25, -0.2) is 12.8 Å². The normalized spacial score (nSPS) is 19.2. The number of halogens is 1. The molecule has 1 aromatic carbocycles. The fraction of sp³-hybridized carbons (Fsp3) is 0.650. The van der Waals surface area contributed by atoms with Crippen molar-refractivity contribution in [1.29, 1.82) is 0 Å². The highest BCUT2D eigenvalue weighted by atomic mass is 32.2. The van der Waals surface area contributed by atoms with E-state index in [4.69, 9.17) is 0 Å². The summed E-state index contributed by atoms with van der Waals surface area (Å²) < 4.78 is 41.1. The van der Waals surface area contributed by atoms with Crippen LogP contribution in [0.15, 0.2) is 23.1 Å². The van der Waals surface area contributed by atoms with Crippen molar-refractivity contribution < 1.29 is 17.6 Å². The zero-order valence-electron chi connectivity index (χ0n) is 16.5. The van der Waals surface area contributed by atoms with Crippen LogP contribution in [0.1, 0.15) is 55.3 Å². The SMILES string of the molecule is CN(CCNC(=O)c1ccc(F)c(S(=O)(=O)N2CCCCC2)c1)C1CCCC1. The minimum atomic E-state index is -3.92. The van der Waals surface area contributed by atoms with E-state index in [0.717, 1.165) is 37.9 Å². The van der Waals surface area contributed by atoms with E-state index in [2.05, 4.69) is 17.3 Å². The van der Waals surface area contributed by atoms with Crippen LogP contribution in [-0.4, -0.2) is 62.8 Å². The first-order chi connectivity index (χ1) is 13.4. The Morgan fingerprint density at radius 3 is 2.54 bits per heavy atom. The van der Waals surface area contributed by atoms with Crippen LogP contribution >= 0.6 is 0 Å². The largest absolute Gasteiger partial charge is 0.351 e. The average Bonchev–Trinajstić information content (AvgIpc) is 3.23. The third-order valence-electron chi connectivity index (χ3n) is 5.82. The Morgan fingerprint density at radius 2 is 1.86 bits per heavy atom. The molecule has 1 aromatic rings. The van der Waals surface area contributed by atoms with E-state index in [0.29, 0.717) is 25.7 Å². The minimum Gasteiger partial charge on any atom is -0.351 e. The van der Waals surface area contributed by atoms with Gasteiger partial charge in [0.1, 0.15) is 10.7 Å². The number of hydrogen-bond donors (Lipinski definition) is 1. The Bertz CT molecular complexity index is 788. The molecule has 0 unspecified atom stereocenters. The van der Waals surface area contributed by atoms with Crippen molar-refractivity contribution in [3.63, 3.8) is 0 Å². The predicted octanol–water partition coefficient (Wildman–Crippen LogP) is 2.60. The van der Waals surface area contributed by atoms with Crippen LogP contribution in [0.5, 0.6) is 0 Å². The highest BCUT2D eigenvalue weighted by Gasteiger charge is 2.29. The Hall–Kier alpha value is -1.51. The highest BCUT2D eigenvalue weighted by molar-refractivity contribution is 7.89. The molecule has 2 aliphatic rings. The number of nitrogens with zero attached hydrogens (tertiary/aromatic N) is 2. The average molecular weight is 412 g/mol. The van der Waals surface area contributed by atoms with Crippen LogP contribution in [-0.2, 0) is 10.0 Å². The molecular weight excluding hydrogens is 381 g/mol. The monoisotopic (exact) mass is 411 g/mol. The van der Waals surface area contributed by atoms with Crippen molar-refractivity contribution in [2.45, 2.75) is 55.9 Å². The van der Waals surface area contributed by atoms with Gasteiger partial charge in [-0.1, -0.05) is 19.3 Å². The van der Waals surface area contributed by atoms with Crippen molar-refractivity contribution in [2.75, 3.05) is 33.2 Å². The molecule has 1 aliphatic heterocycles. The number of likely N-dealkylation sites (N-methyl/N-ethyl adjacent to an activating group) is 1. The molecule has 1 amide bonds. The summed E-state index contributed by atoms with van der Waals surface area (Å²) in [6, 6.07) is 4.13. The molecule has 0 spiro atoms. The lowest BCUT2D eigenvalue weighted by molar-refractivity contribution is 0.0947. The number of hydrogen-bond acceptors (Lipinski definition) is 4. The van der Waals surface area contributed by atoms with E-state index in [-0.39, 0.29) is 11.5 Å². The van der Waals surface area contributed by atoms with Gasteiger partial charge in [0.15, 0.2) is 0 Å². The smallest absolute Gasteiger partial charge is 0.251 e. The Balaban J connectivity index is 1.64. The van der Waals surface area contributed by atoms with Crippen LogP contribution in [0.3, 0.4) is 0 Å². The first-order valence-corrected chi connectivity index (χ1v) is 11.6. The Kier molecular flexibility index (Phi) is 7.06. The maximum atomic E-state index is 14.3. The second-order valence-corrected chi connectivity index (χ2v) is 9.69. The summed E-state index contributed by atoms with van der Waals surface area (Å²) >= 11 is 0. The van der Waals surface area contributed by atoms with E-state index >= 15 is 0 Å². The van der Waals surface area contributed by atoms with E-state index in [9.17, 15) is 17.6 Å². The van der Waals surface area contributed by atoms with E-state index in [1.807, 2.05) is 0 Å². The third kappa shape index (κ3) is 4.90. The van der Waals surface area contributed by atoms with Crippen LogP contribution in [0.2, 0.25) is 0 Å². The van der Waals surface area contributed by atoms with Crippen molar-refractivity contribution in [3.05, 3.63) is 29.6 Å². The Labute approximate surface area is 167 Å². The number of amides is 1. The molecule has 0 aromatic heterocycles. The standard InChI is InChI=1S/C20H30FN3O3S/c1-23(17-7-3-4-8-17)14-11-22-20(25)16-9-10-18(21)19(15-16)28(26,27)24-12-5-2-6-13-24/h9-10,15,17H,2-8,11-14H2,1H3,(H,22,25). The topological polar surface area (TPSA) is 69.7 Å². The maximum Gasteiger partial charge on any atom is 0.251 e. The lowest BCUT2D eigenvalue weighted by Crippen LogP contribution is -2.37. The molecule has 3 rings (SSSR count). The molecular formula is C20H30FN3O3S. The molecule has 2 fully saturated rings. The van der Waals surface area contributed by atoms with Gasteiger partial charge in [0.05, 0.1) is 0 Å². The molecule has 1 N–H and O–H groups in total. The second-order valence-electron chi connectivity index (χ2n) is 7.78. The van der Waals surface area contributed by atoms with Crippen LogP contribution < -0.4 is 5.32 Å². The molecule has 0 bridgehead atoms. The fourth-order valence-corrected chi connectivity index (χ4v) is 5.67. The van der Waals surface area contributed by atoms with Crippen molar-refractivity contribution in [2.24, 2.45) is 0 Å².